The van der Waals surface area contributed by atoms with E-state index in [-0.39, 0.29) is 6.10 Å². The molecule has 0 heterocycles. The van der Waals surface area contributed by atoms with Crippen LogP contribution in [-0.2, 0) is 14.2 Å². The van der Waals surface area contributed by atoms with Crippen molar-refractivity contribution in [2.24, 2.45) is 17.8 Å². The number of rotatable bonds is 20. The minimum atomic E-state index is -0.496. The molecule has 0 aromatic rings. The first-order chi connectivity index (χ1) is 13.8. The molecule has 0 aromatic heterocycles. The van der Waals surface area contributed by atoms with Crippen LogP contribution in [-0.4, -0.2) is 18.3 Å². The highest BCUT2D eigenvalue weighted by atomic mass is 16.6. The zero-order chi connectivity index (χ0) is 22.1. The Morgan fingerprint density at radius 1 is 0.759 bits per heavy atom. The molecule has 0 radical (unpaired) electrons. The first-order valence-corrected chi connectivity index (χ1v) is 11.6. The maximum Gasteiger partial charge on any atom is 0.171 e. The molecule has 0 amide bonds. The second-order valence-corrected chi connectivity index (χ2v) is 9.25. The van der Waals surface area contributed by atoms with Crippen molar-refractivity contribution in [3.8, 4) is 0 Å². The van der Waals surface area contributed by atoms with Crippen LogP contribution in [0.1, 0.15) is 92.4 Å². The van der Waals surface area contributed by atoms with E-state index in [1.807, 2.05) is 0 Å². The minimum absolute atomic E-state index is 0.252. The molecule has 0 aliphatic heterocycles. The van der Waals surface area contributed by atoms with E-state index in [1.54, 1.807) is 0 Å². The predicted molar refractivity (Wildman–Crippen MR) is 126 cm³/mol. The second kappa shape index (κ2) is 16.4. The summed E-state index contributed by atoms with van der Waals surface area (Å²) in [6.07, 6.45) is 15.4. The Kier molecular flexibility index (Phi) is 15.6. The highest BCUT2D eigenvalue weighted by Crippen LogP contribution is 2.29. The summed E-state index contributed by atoms with van der Waals surface area (Å²) in [4.78, 5) is 0. The summed E-state index contributed by atoms with van der Waals surface area (Å²) in [7, 11) is 0. The summed E-state index contributed by atoms with van der Waals surface area (Å²) < 4.78 is 16.9. The fourth-order valence-corrected chi connectivity index (χ4v) is 3.90. The Labute approximate surface area is 181 Å². The number of hydrogen-bond donors (Lipinski definition) is 0. The molecule has 4 unspecified atom stereocenters. The topological polar surface area (TPSA) is 27.7 Å². The van der Waals surface area contributed by atoms with E-state index in [2.05, 4.69) is 54.4 Å². The molecule has 0 aliphatic rings. The predicted octanol–water partition coefficient (Wildman–Crippen LogP) is 8.03. The Morgan fingerprint density at radius 2 is 1.31 bits per heavy atom. The van der Waals surface area contributed by atoms with Gasteiger partial charge in [0.05, 0.1) is 18.8 Å². The van der Waals surface area contributed by atoms with E-state index < -0.39 is 5.60 Å². The summed E-state index contributed by atoms with van der Waals surface area (Å²) in [5, 5.41) is 0. The average molecular weight is 409 g/mol. The van der Waals surface area contributed by atoms with Gasteiger partial charge in [0.25, 0.3) is 0 Å². The van der Waals surface area contributed by atoms with Gasteiger partial charge in [-0.3, -0.25) is 0 Å². The summed E-state index contributed by atoms with van der Waals surface area (Å²) in [6, 6.07) is 0. The van der Waals surface area contributed by atoms with E-state index >= 15 is 0 Å². The largest absolute Gasteiger partial charge is 0.498 e. The Morgan fingerprint density at radius 3 is 1.79 bits per heavy atom. The third-order valence-corrected chi connectivity index (χ3v) is 5.90. The zero-order valence-corrected chi connectivity index (χ0v) is 20.0. The summed E-state index contributed by atoms with van der Waals surface area (Å²) in [5.41, 5.74) is -0.496. The monoisotopic (exact) mass is 408 g/mol. The number of ether oxygens (including phenoxy) is 3. The fraction of sp³-hybridized carbons (Fsp3) is 0.769. The summed E-state index contributed by atoms with van der Waals surface area (Å²) in [5.74, 6) is 2.42. The van der Waals surface area contributed by atoms with Gasteiger partial charge in [-0.2, -0.15) is 0 Å². The third-order valence-electron chi connectivity index (χ3n) is 5.90. The zero-order valence-electron chi connectivity index (χ0n) is 20.0. The summed E-state index contributed by atoms with van der Waals surface area (Å²) >= 11 is 0. The van der Waals surface area contributed by atoms with E-state index in [0.717, 1.165) is 30.6 Å². The third kappa shape index (κ3) is 13.5. The molecular weight excluding hydrogens is 360 g/mol. The quantitative estimate of drug-likeness (QED) is 0.191. The smallest absolute Gasteiger partial charge is 0.171 e. The molecule has 0 aromatic carbocycles. The molecule has 0 rings (SSSR count). The van der Waals surface area contributed by atoms with Gasteiger partial charge in [-0.15, -0.1) is 0 Å². The first kappa shape index (κ1) is 27.6. The molecule has 0 aliphatic carbocycles. The molecular formula is C26H48O3. The molecule has 0 spiro atoms. The van der Waals surface area contributed by atoms with Crippen molar-refractivity contribution in [1.82, 2.24) is 0 Å². The van der Waals surface area contributed by atoms with Crippen molar-refractivity contribution in [1.29, 1.82) is 0 Å². The average Bonchev–Trinajstić information content (AvgIpc) is 2.65. The van der Waals surface area contributed by atoms with Crippen molar-refractivity contribution in [2.45, 2.75) is 104 Å². The first-order valence-electron chi connectivity index (χ1n) is 11.6. The van der Waals surface area contributed by atoms with Crippen molar-refractivity contribution < 1.29 is 14.2 Å². The highest BCUT2D eigenvalue weighted by Gasteiger charge is 2.37. The van der Waals surface area contributed by atoms with Gasteiger partial charge in [-0.25, -0.2) is 0 Å². The van der Waals surface area contributed by atoms with Gasteiger partial charge in [0.2, 0.25) is 0 Å². The molecule has 0 fully saturated rings. The molecule has 3 nitrogen and oxygen atoms in total. The normalized spacial score (nSPS) is 16.3. The van der Waals surface area contributed by atoms with Gasteiger partial charge in [0.1, 0.15) is 12.2 Å². The molecule has 170 valence electrons. The SMILES string of the molecule is C=COCC(OC=C)C(C)(CCCC(C)CCCC(C)CCCC(C)C)OC=C. The summed E-state index contributed by atoms with van der Waals surface area (Å²) in [6.45, 7) is 22.9. The van der Waals surface area contributed by atoms with Crippen molar-refractivity contribution >= 4 is 0 Å². The maximum atomic E-state index is 5.87. The molecule has 0 N–H and O–H groups in total. The van der Waals surface area contributed by atoms with Gasteiger partial charge < -0.3 is 14.2 Å². The van der Waals surface area contributed by atoms with E-state index in [4.69, 9.17) is 14.2 Å². The standard InChI is InChI=1S/C26H48O3/c1-9-27-21-25(28-10-2)26(8,29-11-3)20-14-19-24(7)18-13-17-23(6)16-12-15-22(4)5/h9-11,22-25H,1-3,12-21H2,4-8H3. The van der Waals surface area contributed by atoms with Crippen LogP contribution in [0.5, 0.6) is 0 Å². The van der Waals surface area contributed by atoms with Crippen LogP contribution in [0, 0.1) is 17.8 Å². The van der Waals surface area contributed by atoms with Crippen molar-refractivity contribution in [3.63, 3.8) is 0 Å². The van der Waals surface area contributed by atoms with Gasteiger partial charge >= 0.3 is 0 Å². The number of hydrogen-bond acceptors (Lipinski definition) is 3. The van der Waals surface area contributed by atoms with Gasteiger partial charge in [-0.1, -0.05) is 92.4 Å². The van der Waals surface area contributed by atoms with Crippen LogP contribution >= 0.6 is 0 Å². The van der Waals surface area contributed by atoms with E-state index in [9.17, 15) is 0 Å². The van der Waals surface area contributed by atoms with Crippen LogP contribution in [0.25, 0.3) is 0 Å². The van der Waals surface area contributed by atoms with Crippen molar-refractivity contribution in [2.75, 3.05) is 6.61 Å². The molecule has 4 atom stereocenters. The fourth-order valence-electron chi connectivity index (χ4n) is 3.90. The lowest BCUT2D eigenvalue weighted by Crippen LogP contribution is -2.44. The van der Waals surface area contributed by atoms with Crippen LogP contribution in [0.4, 0.5) is 0 Å². The second-order valence-electron chi connectivity index (χ2n) is 9.25. The Balaban J connectivity index is 4.29. The van der Waals surface area contributed by atoms with Crippen LogP contribution in [0.3, 0.4) is 0 Å². The highest BCUT2D eigenvalue weighted by molar-refractivity contribution is 4.89. The molecule has 0 saturated heterocycles. The lowest BCUT2D eigenvalue weighted by Gasteiger charge is -2.36. The molecule has 3 heteroatoms. The van der Waals surface area contributed by atoms with Crippen LogP contribution in [0.2, 0.25) is 0 Å². The van der Waals surface area contributed by atoms with Gasteiger partial charge in [0.15, 0.2) is 6.10 Å². The van der Waals surface area contributed by atoms with Gasteiger partial charge in [-0.05, 0) is 37.5 Å². The molecule has 0 bridgehead atoms. The minimum Gasteiger partial charge on any atom is -0.498 e. The molecule has 0 saturated carbocycles. The van der Waals surface area contributed by atoms with Gasteiger partial charge in [0, 0.05) is 0 Å². The van der Waals surface area contributed by atoms with E-state index in [0.29, 0.717) is 6.61 Å². The maximum absolute atomic E-state index is 5.87. The lowest BCUT2D eigenvalue weighted by molar-refractivity contribution is -0.102. The Hall–Kier alpha value is -1.38. The van der Waals surface area contributed by atoms with E-state index in [1.165, 1.54) is 63.7 Å². The van der Waals surface area contributed by atoms with Crippen LogP contribution < -0.4 is 0 Å². The van der Waals surface area contributed by atoms with Crippen molar-refractivity contribution in [3.05, 3.63) is 38.5 Å². The lowest BCUT2D eigenvalue weighted by atomic mass is 9.88. The molecule has 29 heavy (non-hydrogen) atoms. The Bertz CT molecular complexity index is 432. The van der Waals surface area contributed by atoms with Crippen LogP contribution in [0.15, 0.2) is 38.5 Å².